The Balaban J connectivity index is 2.29. The molecule has 0 aromatic carbocycles. The minimum atomic E-state index is -0.793. The van der Waals surface area contributed by atoms with Gasteiger partial charge in [0, 0.05) is 32.7 Å². The van der Waals surface area contributed by atoms with E-state index in [1.54, 1.807) is 0 Å². The van der Waals surface area contributed by atoms with Crippen molar-refractivity contribution in [3.63, 3.8) is 0 Å². The zero-order chi connectivity index (χ0) is 14.3. The third-order valence-electron chi connectivity index (χ3n) is 3.52. The molecule has 6 heteroatoms. The molecule has 110 valence electrons. The molecule has 0 bridgehead atoms. The Bertz CT molecular complexity index is 302. The van der Waals surface area contributed by atoms with Gasteiger partial charge in [-0.25, -0.2) is 0 Å². The topological polar surface area (TPSA) is 72.9 Å². The van der Waals surface area contributed by atoms with Gasteiger partial charge in [0.25, 0.3) is 0 Å². The van der Waals surface area contributed by atoms with E-state index in [1.165, 1.54) is 0 Å². The number of carboxylic acid groups (broad SMARTS) is 1. The van der Waals surface area contributed by atoms with E-state index in [9.17, 15) is 9.59 Å². The molecular formula is C13H25N3O3. The third-order valence-corrected chi connectivity index (χ3v) is 3.52. The van der Waals surface area contributed by atoms with E-state index in [2.05, 4.69) is 17.1 Å². The van der Waals surface area contributed by atoms with Gasteiger partial charge in [0.15, 0.2) is 0 Å². The number of carbonyl (C=O) groups is 2. The van der Waals surface area contributed by atoms with Crippen molar-refractivity contribution in [1.82, 2.24) is 15.1 Å². The highest BCUT2D eigenvalue weighted by Crippen LogP contribution is 2.06. The van der Waals surface area contributed by atoms with Crippen molar-refractivity contribution in [1.29, 1.82) is 0 Å². The number of rotatable bonds is 7. The lowest BCUT2D eigenvalue weighted by Crippen LogP contribution is -2.54. The normalized spacial score (nSPS) is 19.1. The highest BCUT2D eigenvalue weighted by molar-refractivity contribution is 5.81. The van der Waals surface area contributed by atoms with E-state index in [0.29, 0.717) is 13.1 Å². The number of hydrogen-bond acceptors (Lipinski definition) is 4. The molecule has 0 aromatic rings. The Morgan fingerprint density at radius 2 is 1.89 bits per heavy atom. The highest BCUT2D eigenvalue weighted by atomic mass is 16.4. The Hall–Kier alpha value is -1.14. The quantitative estimate of drug-likeness (QED) is 0.637. The SMILES string of the molecule is CCCCNC(=O)C(C)N1CCN(CC(=O)O)CC1. The van der Waals surface area contributed by atoms with Gasteiger partial charge in [0.1, 0.15) is 0 Å². The second-order valence-electron chi connectivity index (χ2n) is 5.03. The van der Waals surface area contributed by atoms with Crippen LogP contribution in [0, 0.1) is 0 Å². The van der Waals surface area contributed by atoms with Gasteiger partial charge >= 0.3 is 5.97 Å². The number of hydrogen-bond donors (Lipinski definition) is 2. The fourth-order valence-corrected chi connectivity index (χ4v) is 2.20. The fraction of sp³-hybridized carbons (Fsp3) is 0.846. The molecule has 0 aliphatic carbocycles. The van der Waals surface area contributed by atoms with Gasteiger partial charge in [-0.1, -0.05) is 13.3 Å². The zero-order valence-corrected chi connectivity index (χ0v) is 11.9. The summed E-state index contributed by atoms with van der Waals surface area (Å²) in [6.07, 6.45) is 2.08. The van der Waals surface area contributed by atoms with E-state index in [1.807, 2.05) is 11.8 Å². The van der Waals surface area contributed by atoms with Crippen LogP contribution in [-0.2, 0) is 9.59 Å². The van der Waals surface area contributed by atoms with Crippen molar-refractivity contribution in [3.05, 3.63) is 0 Å². The molecule has 1 fully saturated rings. The predicted molar refractivity (Wildman–Crippen MR) is 73.0 cm³/mol. The number of nitrogens with one attached hydrogen (secondary N) is 1. The summed E-state index contributed by atoms with van der Waals surface area (Å²) < 4.78 is 0. The predicted octanol–water partition coefficient (Wildman–Crippen LogP) is -0.00660. The molecule has 6 nitrogen and oxygen atoms in total. The molecule has 19 heavy (non-hydrogen) atoms. The molecule has 0 radical (unpaired) electrons. The molecule has 0 saturated carbocycles. The Morgan fingerprint density at radius 3 is 2.42 bits per heavy atom. The largest absolute Gasteiger partial charge is 0.480 e. The number of aliphatic carboxylic acids is 1. The van der Waals surface area contributed by atoms with Crippen LogP contribution in [0.5, 0.6) is 0 Å². The average Bonchev–Trinajstić information content (AvgIpc) is 2.38. The molecule has 1 aliphatic rings. The minimum absolute atomic E-state index is 0.0696. The molecule has 1 unspecified atom stereocenters. The second kappa shape index (κ2) is 8.12. The Morgan fingerprint density at radius 1 is 1.26 bits per heavy atom. The van der Waals surface area contributed by atoms with Gasteiger partial charge in [0.2, 0.25) is 5.91 Å². The van der Waals surface area contributed by atoms with Crippen LogP contribution in [0.1, 0.15) is 26.7 Å². The standard InChI is InChI=1S/C13H25N3O3/c1-3-4-5-14-13(19)11(2)16-8-6-15(7-9-16)10-12(17)18/h11H,3-10H2,1-2H3,(H,14,19)(H,17,18). The molecule has 0 aromatic heterocycles. The van der Waals surface area contributed by atoms with Crippen molar-refractivity contribution in [3.8, 4) is 0 Å². The maximum Gasteiger partial charge on any atom is 0.317 e. The molecule has 1 amide bonds. The zero-order valence-electron chi connectivity index (χ0n) is 11.9. The maximum atomic E-state index is 11.9. The van der Waals surface area contributed by atoms with Gasteiger partial charge in [-0.3, -0.25) is 19.4 Å². The first-order valence-electron chi connectivity index (χ1n) is 7.00. The lowest BCUT2D eigenvalue weighted by atomic mass is 10.2. The molecular weight excluding hydrogens is 246 g/mol. The van der Waals surface area contributed by atoms with Crippen LogP contribution in [0.3, 0.4) is 0 Å². The Labute approximate surface area is 114 Å². The van der Waals surface area contributed by atoms with Crippen LogP contribution in [0.25, 0.3) is 0 Å². The number of carbonyl (C=O) groups excluding carboxylic acids is 1. The molecule has 1 saturated heterocycles. The minimum Gasteiger partial charge on any atom is -0.480 e. The molecule has 1 heterocycles. The number of nitrogens with zero attached hydrogens (tertiary/aromatic N) is 2. The first-order chi connectivity index (χ1) is 9.04. The molecule has 1 rings (SSSR count). The van der Waals surface area contributed by atoms with E-state index < -0.39 is 5.97 Å². The summed E-state index contributed by atoms with van der Waals surface area (Å²) in [5, 5.41) is 11.7. The van der Waals surface area contributed by atoms with Crippen molar-refractivity contribution < 1.29 is 14.7 Å². The number of unbranched alkanes of at least 4 members (excludes halogenated alkanes) is 1. The summed E-state index contributed by atoms with van der Waals surface area (Å²) in [5.74, 6) is -0.723. The maximum absolute atomic E-state index is 11.9. The van der Waals surface area contributed by atoms with Crippen LogP contribution in [0.4, 0.5) is 0 Å². The van der Waals surface area contributed by atoms with Crippen LogP contribution in [-0.4, -0.2) is 72.1 Å². The van der Waals surface area contributed by atoms with Gasteiger partial charge in [-0.15, -0.1) is 0 Å². The van der Waals surface area contributed by atoms with Gasteiger partial charge in [0.05, 0.1) is 12.6 Å². The molecule has 0 spiro atoms. The molecule has 2 N–H and O–H groups in total. The average molecular weight is 271 g/mol. The van der Waals surface area contributed by atoms with E-state index in [0.717, 1.165) is 32.5 Å². The van der Waals surface area contributed by atoms with Gasteiger partial charge in [-0.2, -0.15) is 0 Å². The number of piperazine rings is 1. The van der Waals surface area contributed by atoms with Crippen LogP contribution >= 0.6 is 0 Å². The lowest BCUT2D eigenvalue weighted by Gasteiger charge is -2.36. The summed E-state index contributed by atoms with van der Waals surface area (Å²) in [6, 6.07) is -0.135. The first-order valence-corrected chi connectivity index (χ1v) is 7.00. The van der Waals surface area contributed by atoms with E-state index in [4.69, 9.17) is 5.11 Å². The highest BCUT2D eigenvalue weighted by Gasteiger charge is 2.25. The van der Waals surface area contributed by atoms with Crippen molar-refractivity contribution in [2.24, 2.45) is 0 Å². The van der Waals surface area contributed by atoms with Crippen molar-refractivity contribution >= 4 is 11.9 Å². The van der Waals surface area contributed by atoms with Gasteiger partial charge in [-0.05, 0) is 13.3 Å². The molecule has 1 aliphatic heterocycles. The Kier molecular flexibility index (Phi) is 6.80. The first kappa shape index (κ1) is 15.9. The van der Waals surface area contributed by atoms with Crippen molar-refractivity contribution in [2.45, 2.75) is 32.7 Å². The third kappa shape index (κ3) is 5.57. The van der Waals surface area contributed by atoms with Crippen molar-refractivity contribution in [2.75, 3.05) is 39.3 Å². The summed E-state index contributed by atoms with van der Waals surface area (Å²) in [4.78, 5) is 26.5. The summed E-state index contributed by atoms with van der Waals surface area (Å²) >= 11 is 0. The number of amides is 1. The lowest BCUT2D eigenvalue weighted by molar-refractivity contribution is -0.139. The summed E-state index contributed by atoms with van der Waals surface area (Å²) in [5.41, 5.74) is 0. The van der Waals surface area contributed by atoms with Gasteiger partial charge < -0.3 is 10.4 Å². The van der Waals surface area contributed by atoms with Crippen LogP contribution < -0.4 is 5.32 Å². The summed E-state index contributed by atoms with van der Waals surface area (Å²) in [6.45, 7) is 7.73. The summed E-state index contributed by atoms with van der Waals surface area (Å²) in [7, 11) is 0. The monoisotopic (exact) mass is 271 g/mol. The second-order valence-corrected chi connectivity index (χ2v) is 5.03. The number of carboxylic acids is 1. The van der Waals surface area contributed by atoms with E-state index >= 15 is 0 Å². The fourth-order valence-electron chi connectivity index (χ4n) is 2.20. The van der Waals surface area contributed by atoms with Crippen LogP contribution in [0.15, 0.2) is 0 Å². The van der Waals surface area contributed by atoms with E-state index in [-0.39, 0.29) is 18.5 Å². The smallest absolute Gasteiger partial charge is 0.317 e. The van der Waals surface area contributed by atoms with Crippen LogP contribution in [0.2, 0.25) is 0 Å². The molecule has 1 atom stereocenters.